The summed E-state index contributed by atoms with van der Waals surface area (Å²) in [5.41, 5.74) is 0.657. The van der Waals surface area contributed by atoms with E-state index in [4.69, 9.17) is 9.26 Å². The Morgan fingerprint density at radius 3 is 2.78 bits per heavy atom. The molecule has 0 radical (unpaired) electrons. The van der Waals surface area contributed by atoms with Crippen LogP contribution in [0.3, 0.4) is 0 Å². The van der Waals surface area contributed by atoms with Crippen LogP contribution in [0.1, 0.15) is 26.2 Å². The number of hydrogen-bond donors (Lipinski definition) is 0. The van der Waals surface area contributed by atoms with Crippen LogP contribution in [0.15, 0.2) is 28.9 Å². The van der Waals surface area contributed by atoms with Crippen LogP contribution in [0, 0.1) is 0 Å². The number of ether oxygens (including phenoxy) is 1. The lowest BCUT2D eigenvalue weighted by atomic mass is 10.2. The van der Waals surface area contributed by atoms with Gasteiger partial charge >= 0.3 is 0 Å². The minimum atomic E-state index is 0.0712. The zero-order chi connectivity index (χ0) is 16.2. The summed E-state index contributed by atoms with van der Waals surface area (Å²) in [5.74, 6) is 0.986. The number of hydrogen-bond acceptors (Lipinski definition) is 6. The molecule has 0 saturated carbocycles. The number of rotatable bonds is 4. The Morgan fingerprint density at radius 1 is 1.30 bits per heavy atom. The third-order valence-electron chi connectivity index (χ3n) is 3.69. The molecule has 1 fully saturated rings. The van der Waals surface area contributed by atoms with E-state index in [1.165, 1.54) is 0 Å². The number of carbonyl (C=O) groups is 1. The smallest absolute Gasteiger partial charge is 0.227 e. The summed E-state index contributed by atoms with van der Waals surface area (Å²) in [4.78, 5) is 22.6. The van der Waals surface area contributed by atoms with Crippen molar-refractivity contribution in [3.05, 3.63) is 30.3 Å². The second kappa shape index (κ2) is 6.87. The third-order valence-corrected chi connectivity index (χ3v) is 3.69. The molecule has 1 aliphatic rings. The molecule has 7 heteroatoms. The Hall–Kier alpha value is -2.28. The zero-order valence-corrected chi connectivity index (χ0v) is 13.3. The fraction of sp³-hybridized carbons (Fsp3) is 0.500. The largest absolute Gasteiger partial charge is 0.372 e. The molecule has 1 saturated heterocycles. The van der Waals surface area contributed by atoms with E-state index >= 15 is 0 Å². The van der Waals surface area contributed by atoms with Crippen LogP contribution in [-0.2, 0) is 16.0 Å². The first kappa shape index (κ1) is 15.6. The maximum absolute atomic E-state index is 12.3. The molecule has 1 amide bonds. The summed E-state index contributed by atoms with van der Waals surface area (Å²) in [6.07, 6.45) is 2.60. The van der Waals surface area contributed by atoms with Gasteiger partial charge in [-0.1, -0.05) is 11.2 Å². The molecule has 7 nitrogen and oxygen atoms in total. The number of pyridine rings is 1. The lowest BCUT2D eigenvalue weighted by Gasteiger charge is -2.35. The van der Waals surface area contributed by atoms with Gasteiger partial charge < -0.3 is 14.2 Å². The second-order valence-corrected chi connectivity index (χ2v) is 5.78. The van der Waals surface area contributed by atoms with Crippen molar-refractivity contribution in [2.24, 2.45) is 0 Å². The Morgan fingerprint density at radius 2 is 2.09 bits per heavy atom. The molecule has 2 aromatic rings. The van der Waals surface area contributed by atoms with Crippen molar-refractivity contribution in [1.82, 2.24) is 20.0 Å². The van der Waals surface area contributed by atoms with Crippen LogP contribution in [0.4, 0.5) is 0 Å². The highest BCUT2D eigenvalue weighted by Crippen LogP contribution is 2.15. The van der Waals surface area contributed by atoms with Crippen LogP contribution >= 0.6 is 0 Å². The molecule has 3 rings (SSSR count). The Kier molecular flexibility index (Phi) is 4.66. The number of aryl methyl sites for hydroxylation is 1. The number of carbonyl (C=O) groups excluding carboxylic acids is 1. The first-order chi connectivity index (χ1) is 11.1. The van der Waals surface area contributed by atoms with Gasteiger partial charge in [-0.25, -0.2) is 0 Å². The van der Waals surface area contributed by atoms with Gasteiger partial charge in [0.2, 0.25) is 17.6 Å². The molecule has 0 unspecified atom stereocenters. The van der Waals surface area contributed by atoms with E-state index in [2.05, 4.69) is 15.1 Å². The molecule has 0 aliphatic carbocycles. The van der Waals surface area contributed by atoms with E-state index in [0.717, 1.165) is 0 Å². The molecule has 0 aromatic carbocycles. The SMILES string of the molecule is C[C@@H]1CN(C(=O)CCc2nc(-c3ccccn3)no2)C[C@H](C)O1. The zero-order valence-electron chi connectivity index (χ0n) is 13.3. The molecule has 2 aromatic heterocycles. The van der Waals surface area contributed by atoms with Gasteiger partial charge in [0, 0.05) is 32.1 Å². The fourth-order valence-electron chi connectivity index (χ4n) is 2.71. The van der Waals surface area contributed by atoms with Crippen LogP contribution in [-0.4, -0.2) is 51.2 Å². The minimum absolute atomic E-state index is 0.0712. The highest BCUT2D eigenvalue weighted by atomic mass is 16.5. The van der Waals surface area contributed by atoms with Crippen molar-refractivity contribution < 1.29 is 14.1 Å². The second-order valence-electron chi connectivity index (χ2n) is 5.78. The highest BCUT2D eigenvalue weighted by Gasteiger charge is 2.25. The molecule has 3 heterocycles. The van der Waals surface area contributed by atoms with Crippen LogP contribution in [0.2, 0.25) is 0 Å². The topological polar surface area (TPSA) is 81.4 Å². The third kappa shape index (κ3) is 3.92. The molecule has 1 aliphatic heterocycles. The summed E-state index contributed by atoms with van der Waals surface area (Å²) >= 11 is 0. The van der Waals surface area contributed by atoms with Crippen molar-refractivity contribution in [3.8, 4) is 11.5 Å². The van der Waals surface area contributed by atoms with Crippen molar-refractivity contribution in [2.75, 3.05) is 13.1 Å². The van der Waals surface area contributed by atoms with Crippen molar-refractivity contribution in [1.29, 1.82) is 0 Å². The summed E-state index contributed by atoms with van der Waals surface area (Å²) in [6.45, 7) is 5.22. The van der Waals surface area contributed by atoms with Gasteiger partial charge in [-0.15, -0.1) is 0 Å². The number of nitrogens with zero attached hydrogens (tertiary/aromatic N) is 4. The van der Waals surface area contributed by atoms with E-state index < -0.39 is 0 Å². The van der Waals surface area contributed by atoms with Crippen molar-refractivity contribution in [3.63, 3.8) is 0 Å². The van der Waals surface area contributed by atoms with Gasteiger partial charge in [-0.05, 0) is 26.0 Å². The molecule has 0 N–H and O–H groups in total. The molecule has 23 heavy (non-hydrogen) atoms. The lowest BCUT2D eigenvalue weighted by Crippen LogP contribution is -2.48. The fourth-order valence-corrected chi connectivity index (χ4v) is 2.71. The molecule has 0 spiro atoms. The van der Waals surface area contributed by atoms with Crippen molar-refractivity contribution in [2.45, 2.75) is 38.9 Å². The van der Waals surface area contributed by atoms with Crippen LogP contribution in [0.5, 0.6) is 0 Å². The van der Waals surface area contributed by atoms with E-state index in [-0.39, 0.29) is 18.1 Å². The maximum atomic E-state index is 12.3. The number of morpholine rings is 1. The van der Waals surface area contributed by atoms with Crippen LogP contribution < -0.4 is 0 Å². The average Bonchev–Trinajstić information content (AvgIpc) is 3.01. The predicted octanol–water partition coefficient (Wildman–Crippen LogP) is 1.70. The maximum Gasteiger partial charge on any atom is 0.227 e. The van der Waals surface area contributed by atoms with Gasteiger partial charge in [0.05, 0.1) is 12.2 Å². The van der Waals surface area contributed by atoms with E-state index in [1.54, 1.807) is 6.20 Å². The number of aromatic nitrogens is 3. The van der Waals surface area contributed by atoms with Gasteiger partial charge in [0.1, 0.15) is 5.69 Å². The Balaban J connectivity index is 1.56. The minimum Gasteiger partial charge on any atom is -0.372 e. The molecule has 0 bridgehead atoms. The monoisotopic (exact) mass is 316 g/mol. The summed E-state index contributed by atoms with van der Waals surface area (Å²) in [6, 6.07) is 5.51. The predicted molar refractivity (Wildman–Crippen MR) is 82.4 cm³/mol. The van der Waals surface area contributed by atoms with E-state index in [0.29, 0.717) is 43.3 Å². The lowest BCUT2D eigenvalue weighted by molar-refractivity contribution is -0.143. The van der Waals surface area contributed by atoms with Gasteiger partial charge in [-0.3, -0.25) is 9.78 Å². The summed E-state index contributed by atoms with van der Waals surface area (Å²) in [5, 5.41) is 3.91. The highest BCUT2D eigenvalue weighted by molar-refractivity contribution is 5.76. The molecule has 2 atom stereocenters. The van der Waals surface area contributed by atoms with Gasteiger partial charge in [0.25, 0.3) is 0 Å². The summed E-state index contributed by atoms with van der Waals surface area (Å²) < 4.78 is 10.8. The van der Waals surface area contributed by atoms with Crippen LogP contribution in [0.25, 0.3) is 11.5 Å². The van der Waals surface area contributed by atoms with Gasteiger partial charge in [0.15, 0.2) is 0 Å². The normalized spacial score (nSPS) is 21.4. The molecular weight excluding hydrogens is 296 g/mol. The molecular formula is C16H20N4O3. The quantitative estimate of drug-likeness (QED) is 0.854. The van der Waals surface area contributed by atoms with E-state index in [1.807, 2.05) is 36.9 Å². The van der Waals surface area contributed by atoms with Gasteiger partial charge in [-0.2, -0.15) is 4.98 Å². The summed E-state index contributed by atoms with van der Waals surface area (Å²) in [7, 11) is 0. The van der Waals surface area contributed by atoms with E-state index in [9.17, 15) is 4.79 Å². The average molecular weight is 316 g/mol. The Labute approximate surface area is 134 Å². The molecule has 122 valence electrons. The number of amides is 1. The first-order valence-electron chi connectivity index (χ1n) is 7.79. The standard InChI is InChI=1S/C16H20N4O3/c1-11-9-20(10-12(2)22-11)15(21)7-6-14-18-16(19-23-14)13-5-3-4-8-17-13/h3-5,8,11-12H,6-7,9-10H2,1-2H3/t11-,12+. The Bertz CT molecular complexity index is 648. The van der Waals surface area contributed by atoms with Crippen molar-refractivity contribution >= 4 is 5.91 Å². The first-order valence-corrected chi connectivity index (χ1v) is 7.79.